The van der Waals surface area contributed by atoms with E-state index < -0.39 is 5.92 Å². The van der Waals surface area contributed by atoms with Gasteiger partial charge < -0.3 is 5.32 Å². The highest BCUT2D eigenvalue weighted by Gasteiger charge is 2.18. The Morgan fingerprint density at radius 3 is 2.76 bits per heavy atom. The summed E-state index contributed by atoms with van der Waals surface area (Å²) in [5.74, 6) is -0.954. The summed E-state index contributed by atoms with van der Waals surface area (Å²) in [6.07, 6.45) is 4.70. The van der Waals surface area contributed by atoms with Gasteiger partial charge in [-0.25, -0.2) is 0 Å². The molecule has 0 spiro atoms. The first-order chi connectivity index (χ1) is 8.29. The number of nitriles is 1. The molecule has 0 radical (unpaired) electrons. The second-order valence-electron chi connectivity index (χ2n) is 3.62. The molecule has 88 valence electrons. The van der Waals surface area contributed by atoms with Crippen molar-refractivity contribution < 1.29 is 4.79 Å². The highest BCUT2D eigenvalue weighted by Crippen LogP contribution is 2.14. The van der Waals surface area contributed by atoms with Gasteiger partial charge in [-0.3, -0.25) is 4.79 Å². The lowest BCUT2D eigenvalue weighted by atomic mass is 10.00. The van der Waals surface area contributed by atoms with E-state index in [1.165, 1.54) is 0 Å². The van der Waals surface area contributed by atoms with Crippen LogP contribution in [0.4, 0.5) is 0 Å². The molecule has 1 rings (SSSR count). The van der Waals surface area contributed by atoms with E-state index in [1.54, 1.807) is 12.1 Å². The predicted octanol–water partition coefficient (Wildman–Crippen LogP) is 2.38. The second kappa shape index (κ2) is 7.24. The largest absolute Gasteiger partial charge is 0.354 e. The van der Waals surface area contributed by atoms with E-state index in [-0.39, 0.29) is 5.91 Å². The Morgan fingerprint density at radius 2 is 2.18 bits per heavy atom. The van der Waals surface area contributed by atoms with Crippen LogP contribution in [0.2, 0.25) is 0 Å². The van der Waals surface area contributed by atoms with E-state index in [0.29, 0.717) is 6.54 Å². The van der Waals surface area contributed by atoms with Crippen LogP contribution < -0.4 is 5.32 Å². The lowest BCUT2D eigenvalue weighted by Crippen LogP contribution is -2.29. The quantitative estimate of drug-likeness (QED) is 0.621. The topological polar surface area (TPSA) is 52.9 Å². The first-order valence-electron chi connectivity index (χ1n) is 5.63. The maximum Gasteiger partial charge on any atom is 0.241 e. The first kappa shape index (κ1) is 13.0. The van der Waals surface area contributed by atoms with E-state index in [1.807, 2.05) is 43.3 Å². The maximum atomic E-state index is 11.8. The van der Waals surface area contributed by atoms with Gasteiger partial charge in [-0.1, -0.05) is 42.5 Å². The molecular formula is C14H16N2O. The van der Waals surface area contributed by atoms with Crippen molar-refractivity contribution in [3.8, 4) is 6.07 Å². The highest BCUT2D eigenvalue weighted by atomic mass is 16.1. The molecule has 1 aromatic carbocycles. The number of hydrogen-bond acceptors (Lipinski definition) is 2. The molecule has 0 saturated heterocycles. The molecular weight excluding hydrogens is 212 g/mol. The zero-order valence-electron chi connectivity index (χ0n) is 9.89. The summed E-state index contributed by atoms with van der Waals surface area (Å²) in [5, 5.41) is 11.8. The first-order valence-corrected chi connectivity index (χ1v) is 5.63. The third-order valence-corrected chi connectivity index (χ3v) is 2.37. The molecule has 0 saturated carbocycles. The molecule has 0 aliphatic carbocycles. The van der Waals surface area contributed by atoms with Crippen LogP contribution in [0.5, 0.6) is 0 Å². The summed E-state index contributed by atoms with van der Waals surface area (Å²) in [4.78, 5) is 11.8. The van der Waals surface area contributed by atoms with E-state index in [0.717, 1.165) is 12.0 Å². The van der Waals surface area contributed by atoms with Crippen molar-refractivity contribution >= 4 is 5.91 Å². The SMILES string of the molecule is C/C=C/CCNC(=O)C(C#N)c1ccccc1. The van der Waals surface area contributed by atoms with E-state index in [2.05, 4.69) is 5.32 Å². The Labute approximate surface area is 102 Å². The molecule has 1 amide bonds. The predicted molar refractivity (Wildman–Crippen MR) is 67.2 cm³/mol. The smallest absolute Gasteiger partial charge is 0.241 e. The van der Waals surface area contributed by atoms with Crippen LogP contribution in [0.15, 0.2) is 42.5 Å². The Bertz CT molecular complexity index is 418. The Morgan fingerprint density at radius 1 is 1.47 bits per heavy atom. The maximum absolute atomic E-state index is 11.8. The van der Waals surface area contributed by atoms with Crippen molar-refractivity contribution in [1.82, 2.24) is 5.32 Å². The normalized spacial score (nSPS) is 12.0. The standard InChI is InChI=1S/C14H16N2O/c1-2-3-7-10-16-14(17)13(11-15)12-8-5-4-6-9-12/h2-6,8-9,13H,7,10H2,1H3,(H,16,17)/b3-2+. The van der Waals surface area contributed by atoms with E-state index in [9.17, 15) is 4.79 Å². The molecule has 1 N–H and O–H groups in total. The summed E-state index contributed by atoms with van der Waals surface area (Å²) < 4.78 is 0. The van der Waals surface area contributed by atoms with Gasteiger partial charge in [-0.05, 0) is 18.9 Å². The molecule has 0 bridgehead atoms. The number of allylic oxidation sites excluding steroid dienone is 1. The van der Waals surface area contributed by atoms with Gasteiger partial charge in [-0.15, -0.1) is 0 Å². The number of nitrogens with one attached hydrogen (secondary N) is 1. The summed E-state index contributed by atoms with van der Waals surface area (Å²) in [7, 11) is 0. The minimum atomic E-state index is -0.721. The lowest BCUT2D eigenvalue weighted by molar-refractivity contribution is -0.121. The molecule has 0 aliphatic heterocycles. The molecule has 3 heteroatoms. The fourth-order valence-electron chi connectivity index (χ4n) is 1.48. The number of nitrogens with zero attached hydrogens (tertiary/aromatic N) is 1. The van der Waals surface area contributed by atoms with Crippen molar-refractivity contribution in [2.75, 3.05) is 6.54 Å². The van der Waals surface area contributed by atoms with Gasteiger partial charge in [0.05, 0.1) is 6.07 Å². The van der Waals surface area contributed by atoms with Crippen molar-refractivity contribution in [3.63, 3.8) is 0 Å². The molecule has 17 heavy (non-hydrogen) atoms. The van der Waals surface area contributed by atoms with Crippen molar-refractivity contribution in [2.24, 2.45) is 0 Å². The molecule has 0 aliphatic rings. The Balaban J connectivity index is 2.57. The van der Waals surface area contributed by atoms with Crippen LogP contribution in [0, 0.1) is 11.3 Å². The molecule has 0 aromatic heterocycles. The van der Waals surface area contributed by atoms with Gasteiger partial charge in [0, 0.05) is 6.54 Å². The van der Waals surface area contributed by atoms with Crippen molar-refractivity contribution in [3.05, 3.63) is 48.0 Å². The average Bonchev–Trinajstić information content (AvgIpc) is 2.37. The van der Waals surface area contributed by atoms with Crippen LogP contribution in [-0.2, 0) is 4.79 Å². The molecule has 1 aromatic rings. The van der Waals surface area contributed by atoms with Gasteiger partial charge in [0.25, 0.3) is 0 Å². The third-order valence-electron chi connectivity index (χ3n) is 2.37. The van der Waals surface area contributed by atoms with Crippen LogP contribution in [0.1, 0.15) is 24.8 Å². The number of hydrogen-bond donors (Lipinski definition) is 1. The van der Waals surface area contributed by atoms with Gasteiger partial charge in [0.1, 0.15) is 5.92 Å². The number of rotatable bonds is 5. The lowest BCUT2D eigenvalue weighted by Gasteiger charge is -2.09. The van der Waals surface area contributed by atoms with Gasteiger partial charge in [0.2, 0.25) is 5.91 Å². The Hall–Kier alpha value is -2.08. The minimum absolute atomic E-state index is 0.233. The number of amides is 1. The zero-order valence-corrected chi connectivity index (χ0v) is 9.89. The van der Waals surface area contributed by atoms with Crippen molar-refractivity contribution in [1.29, 1.82) is 5.26 Å². The van der Waals surface area contributed by atoms with E-state index >= 15 is 0 Å². The molecule has 3 nitrogen and oxygen atoms in total. The van der Waals surface area contributed by atoms with Gasteiger partial charge in [-0.2, -0.15) is 5.26 Å². The monoisotopic (exact) mass is 228 g/mol. The summed E-state index contributed by atoms with van der Waals surface area (Å²) in [6.45, 7) is 2.50. The van der Waals surface area contributed by atoms with Gasteiger partial charge in [0.15, 0.2) is 0 Å². The zero-order chi connectivity index (χ0) is 12.5. The van der Waals surface area contributed by atoms with Crippen LogP contribution in [0.25, 0.3) is 0 Å². The van der Waals surface area contributed by atoms with Crippen LogP contribution in [0.3, 0.4) is 0 Å². The molecule has 1 atom stereocenters. The van der Waals surface area contributed by atoms with Gasteiger partial charge >= 0.3 is 0 Å². The third kappa shape index (κ3) is 4.12. The minimum Gasteiger partial charge on any atom is -0.354 e. The number of benzene rings is 1. The second-order valence-corrected chi connectivity index (χ2v) is 3.62. The highest BCUT2D eigenvalue weighted by molar-refractivity contribution is 5.86. The summed E-state index contributed by atoms with van der Waals surface area (Å²) >= 11 is 0. The fourth-order valence-corrected chi connectivity index (χ4v) is 1.48. The van der Waals surface area contributed by atoms with Crippen LogP contribution >= 0.6 is 0 Å². The summed E-state index contributed by atoms with van der Waals surface area (Å²) in [6, 6.07) is 11.1. The summed E-state index contributed by atoms with van der Waals surface area (Å²) in [5.41, 5.74) is 0.735. The number of carbonyl (C=O) groups excluding carboxylic acids is 1. The molecule has 1 unspecified atom stereocenters. The average molecular weight is 228 g/mol. The fraction of sp³-hybridized carbons (Fsp3) is 0.286. The molecule has 0 heterocycles. The van der Waals surface area contributed by atoms with Crippen molar-refractivity contribution in [2.45, 2.75) is 19.3 Å². The van der Waals surface area contributed by atoms with E-state index in [4.69, 9.17) is 5.26 Å². The number of carbonyl (C=O) groups is 1. The molecule has 0 fully saturated rings. The Kier molecular flexibility index (Phi) is 5.53. The van der Waals surface area contributed by atoms with Crippen LogP contribution in [-0.4, -0.2) is 12.5 Å².